The van der Waals surface area contributed by atoms with Gasteiger partial charge in [0.25, 0.3) is 0 Å². The zero-order valence-corrected chi connectivity index (χ0v) is 18.2. The number of nitrogens with one attached hydrogen (secondary N) is 1. The molecule has 3 aliphatic carbocycles. The number of amides is 2. The SMILES string of the molecule is CC1(O)CCCc2nc(S(N)(=O)=NC(=O)Nc3c4c(c(F)c5c3CC5)CCC4)sc21. The first-order chi connectivity index (χ1) is 14.2. The van der Waals surface area contributed by atoms with Gasteiger partial charge in [-0.25, -0.2) is 23.5 Å². The molecule has 0 bridgehead atoms. The molecular weight excluding hydrogens is 427 g/mol. The smallest absolute Gasteiger partial charge is 0.354 e. The van der Waals surface area contributed by atoms with E-state index < -0.39 is 21.5 Å². The number of carbonyl (C=O) groups is 1. The Hall–Kier alpha value is -1.88. The number of aromatic nitrogens is 1. The van der Waals surface area contributed by atoms with Crippen molar-refractivity contribution >= 4 is 33.0 Å². The monoisotopic (exact) mass is 450 g/mol. The highest BCUT2D eigenvalue weighted by Crippen LogP contribution is 2.42. The van der Waals surface area contributed by atoms with Crippen LogP contribution in [0.3, 0.4) is 0 Å². The van der Waals surface area contributed by atoms with Gasteiger partial charge in [-0.15, -0.1) is 15.7 Å². The number of aliphatic hydroxyl groups is 1. The molecule has 0 fully saturated rings. The molecule has 2 atom stereocenters. The topological polar surface area (TPSA) is 118 Å². The minimum absolute atomic E-state index is 0.0437. The van der Waals surface area contributed by atoms with Gasteiger partial charge in [-0.05, 0) is 80.5 Å². The van der Waals surface area contributed by atoms with E-state index in [4.69, 9.17) is 5.14 Å². The molecule has 7 nitrogen and oxygen atoms in total. The third kappa shape index (κ3) is 3.08. The Morgan fingerprint density at radius 3 is 2.57 bits per heavy atom. The van der Waals surface area contributed by atoms with Gasteiger partial charge in [-0.1, -0.05) is 0 Å². The van der Waals surface area contributed by atoms with E-state index >= 15 is 0 Å². The summed E-state index contributed by atoms with van der Waals surface area (Å²) in [4.78, 5) is 17.6. The Bertz CT molecular complexity index is 1210. The summed E-state index contributed by atoms with van der Waals surface area (Å²) in [7, 11) is -3.57. The molecule has 160 valence electrons. The minimum atomic E-state index is -3.57. The molecule has 10 heteroatoms. The third-order valence-electron chi connectivity index (χ3n) is 6.29. The standard InChI is InChI=1S/C20H23FN4O3S2/c1-20(27)9-3-6-14-17(20)29-19(23-14)30(22,28)25-18(26)24-16-12-5-2-4-10(12)15(21)11-7-8-13(11)16/h27H,2-9H2,1H3,(H3,22,24,25,26,28). The van der Waals surface area contributed by atoms with Crippen LogP contribution in [0.2, 0.25) is 0 Å². The lowest BCUT2D eigenvalue weighted by Gasteiger charge is -2.26. The number of fused-ring (bicyclic) bond motifs is 3. The molecule has 0 saturated heterocycles. The molecule has 0 spiro atoms. The quantitative estimate of drug-likeness (QED) is 0.650. The fourth-order valence-corrected chi connectivity index (χ4v) is 7.09. The van der Waals surface area contributed by atoms with E-state index in [9.17, 15) is 18.5 Å². The van der Waals surface area contributed by atoms with Crippen LogP contribution in [-0.4, -0.2) is 20.3 Å². The number of nitrogens with two attached hydrogens (primary N) is 1. The summed E-state index contributed by atoms with van der Waals surface area (Å²) in [6, 6.07) is -0.822. The molecule has 0 saturated carbocycles. The maximum absolute atomic E-state index is 14.6. The lowest BCUT2D eigenvalue weighted by Crippen LogP contribution is -2.25. The fraction of sp³-hybridized carbons (Fsp3) is 0.500. The Labute approximate surface area is 178 Å². The number of hydrogen-bond acceptors (Lipinski definition) is 5. The van der Waals surface area contributed by atoms with Gasteiger partial charge in [-0.2, -0.15) is 0 Å². The van der Waals surface area contributed by atoms with Crippen molar-refractivity contribution < 1.29 is 18.5 Å². The maximum Gasteiger partial charge on any atom is 0.354 e. The van der Waals surface area contributed by atoms with Gasteiger partial charge in [0.2, 0.25) is 4.34 Å². The largest absolute Gasteiger partial charge is 0.385 e. The molecule has 1 aromatic carbocycles. The van der Waals surface area contributed by atoms with Crippen molar-refractivity contribution in [3.05, 3.63) is 38.6 Å². The van der Waals surface area contributed by atoms with E-state index in [2.05, 4.69) is 14.7 Å². The average molecular weight is 451 g/mol. The van der Waals surface area contributed by atoms with E-state index in [0.717, 1.165) is 35.3 Å². The van der Waals surface area contributed by atoms with Gasteiger partial charge in [-0.3, -0.25) is 0 Å². The van der Waals surface area contributed by atoms with Crippen LogP contribution in [-0.2, 0) is 47.6 Å². The van der Waals surface area contributed by atoms with Crippen molar-refractivity contribution in [3.8, 4) is 0 Å². The predicted octanol–water partition coefficient (Wildman–Crippen LogP) is 3.35. The minimum Gasteiger partial charge on any atom is -0.385 e. The molecule has 30 heavy (non-hydrogen) atoms. The molecule has 0 aliphatic heterocycles. The second-order valence-corrected chi connectivity index (χ2v) is 11.4. The van der Waals surface area contributed by atoms with Crippen LogP contribution in [0.5, 0.6) is 0 Å². The molecule has 4 N–H and O–H groups in total. The van der Waals surface area contributed by atoms with E-state index in [1.807, 2.05) is 0 Å². The zero-order valence-electron chi connectivity index (χ0n) is 16.6. The number of rotatable bonds is 2. The predicted molar refractivity (Wildman–Crippen MR) is 112 cm³/mol. The Balaban J connectivity index is 1.48. The second-order valence-electron chi connectivity index (χ2n) is 8.43. The number of aryl methyl sites for hydroxylation is 1. The Morgan fingerprint density at radius 1 is 1.20 bits per heavy atom. The van der Waals surface area contributed by atoms with Crippen LogP contribution in [0.15, 0.2) is 8.70 Å². The highest BCUT2D eigenvalue weighted by atomic mass is 32.2. The third-order valence-corrected chi connectivity index (χ3v) is 9.43. The van der Waals surface area contributed by atoms with Crippen molar-refractivity contribution in [1.29, 1.82) is 0 Å². The number of urea groups is 1. The number of nitrogens with zero attached hydrogens (tertiary/aromatic N) is 2. The van der Waals surface area contributed by atoms with Gasteiger partial charge < -0.3 is 10.4 Å². The molecule has 2 unspecified atom stereocenters. The number of hydrogen-bond donors (Lipinski definition) is 3. The van der Waals surface area contributed by atoms with E-state index in [1.54, 1.807) is 6.92 Å². The summed E-state index contributed by atoms with van der Waals surface area (Å²) < 4.78 is 31.4. The van der Waals surface area contributed by atoms with Crippen LogP contribution < -0.4 is 10.5 Å². The highest BCUT2D eigenvalue weighted by molar-refractivity contribution is 7.93. The number of carbonyl (C=O) groups excluding carboxylic acids is 1. The Kier molecular flexibility index (Phi) is 4.55. The average Bonchev–Trinajstić information content (AvgIpc) is 3.26. The van der Waals surface area contributed by atoms with E-state index in [0.29, 0.717) is 65.9 Å². The van der Waals surface area contributed by atoms with E-state index in [-0.39, 0.29) is 10.2 Å². The van der Waals surface area contributed by atoms with Crippen LogP contribution in [0.1, 0.15) is 59.0 Å². The Morgan fingerprint density at radius 2 is 1.87 bits per heavy atom. The first-order valence-corrected chi connectivity index (χ1v) is 12.5. The van der Waals surface area contributed by atoms with Gasteiger partial charge in [0, 0.05) is 5.69 Å². The second kappa shape index (κ2) is 6.81. The summed E-state index contributed by atoms with van der Waals surface area (Å²) in [6.45, 7) is 1.70. The number of halogens is 1. The summed E-state index contributed by atoms with van der Waals surface area (Å²) in [5.41, 5.74) is 3.19. The van der Waals surface area contributed by atoms with Crippen LogP contribution >= 0.6 is 11.3 Å². The number of benzene rings is 1. The molecule has 1 heterocycles. The maximum atomic E-state index is 14.6. The first-order valence-electron chi connectivity index (χ1n) is 10.1. The molecule has 0 radical (unpaired) electrons. The van der Waals surface area contributed by atoms with Crippen LogP contribution in [0.4, 0.5) is 14.9 Å². The molecule has 2 aromatic rings. The van der Waals surface area contributed by atoms with Crippen molar-refractivity contribution in [2.45, 2.75) is 68.2 Å². The highest BCUT2D eigenvalue weighted by Gasteiger charge is 2.35. The first kappa shape index (κ1) is 20.0. The van der Waals surface area contributed by atoms with E-state index in [1.165, 1.54) is 0 Å². The molecular formula is C20H23FN4O3S2. The van der Waals surface area contributed by atoms with Crippen LogP contribution in [0, 0.1) is 5.82 Å². The summed E-state index contributed by atoms with van der Waals surface area (Å²) in [5, 5.41) is 19.2. The fourth-order valence-electron chi connectivity index (χ4n) is 4.72. The normalized spacial score (nSPS) is 23.6. The van der Waals surface area contributed by atoms with Crippen molar-refractivity contribution in [1.82, 2.24) is 4.98 Å². The molecule has 5 rings (SSSR count). The van der Waals surface area contributed by atoms with Gasteiger partial charge in [0.05, 0.1) is 16.2 Å². The number of thiazole rings is 1. The number of anilines is 1. The van der Waals surface area contributed by atoms with Gasteiger partial charge >= 0.3 is 6.03 Å². The van der Waals surface area contributed by atoms with Crippen molar-refractivity contribution in [2.75, 3.05) is 5.32 Å². The summed E-state index contributed by atoms with van der Waals surface area (Å²) >= 11 is 1.05. The zero-order chi connectivity index (χ0) is 21.3. The molecule has 3 aliphatic rings. The summed E-state index contributed by atoms with van der Waals surface area (Å²) in [5.74, 6) is -0.137. The van der Waals surface area contributed by atoms with Crippen molar-refractivity contribution in [3.63, 3.8) is 0 Å². The van der Waals surface area contributed by atoms with Gasteiger partial charge in [0.15, 0.2) is 9.92 Å². The van der Waals surface area contributed by atoms with Gasteiger partial charge in [0.1, 0.15) is 5.82 Å². The van der Waals surface area contributed by atoms with Crippen LogP contribution in [0.25, 0.3) is 0 Å². The molecule has 2 amide bonds. The lowest BCUT2D eigenvalue weighted by atomic mass is 9.83. The lowest BCUT2D eigenvalue weighted by molar-refractivity contribution is 0.0422. The summed E-state index contributed by atoms with van der Waals surface area (Å²) in [6.07, 6.45) is 5.58. The van der Waals surface area contributed by atoms with Crippen molar-refractivity contribution in [2.24, 2.45) is 9.50 Å². The molecule has 1 aromatic heterocycles.